The molecule has 0 fully saturated rings. The average molecular weight is 160 g/mol. The highest BCUT2D eigenvalue weighted by Crippen LogP contribution is 1.98. The molecular formula is C7H12O4. The fourth-order valence-corrected chi connectivity index (χ4v) is 0.532. The van der Waals surface area contributed by atoms with Crippen molar-refractivity contribution in [2.24, 2.45) is 5.92 Å². The molecule has 11 heavy (non-hydrogen) atoms. The summed E-state index contributed by atoms with van der Waals surface area (Å²) in [5.74, 6) is -1.99. The third-order valence-corrected chi connectivity index (χ3v) is 1.24. The van der Waals surface area contributed by atoms with Gasteiger partial charge < -0.3 is 10.2 Å². The maximum Gasteiger partial charge on any atom is 0.229 e. The Kier molecular flexibility index (Phi) is 3.92. The summed E-state index contributed by atoms with van der Waals surface area (Å²) in [4.78, 5) is 21.6. The van der Waals surface area contributed by atoms with Crippen LogP contribution in [0.3, 0.4) is 0 Å². The van der Waals surface area contributed by atoms with Crippen molar-refractivity contribution in [3.63, 3.8) is 0 Å². The molecule has 0 aromatic heterocycles. The number of hydrogen-bond acceptors (Lipinski definition) is 4. The van der Waals surface area contributed by atoms with Crippen LogP contribution in [-0.4, -0.2) is 34.5 Å². The molecule has 1 unspecified atom stereocenters. The van der Waals surface area contributed by atoms with Crippen LogP contribution in [0.5, 0.6) is 0 Å². The molecule has 0 radical (unpaired) electrons. The van der Waals surface area contributed by atoms with Crippen LogP contribution in [-0.2, 0) is 9.59 Å². The number of ketones is 2. The van der Waals surface area contributed by atoms with Crippen LogP contribution >= 0.6 is 0 Å². The van der Waals surface area contributed by atoms with Gasteiger partial charge in [0.15, 0.2) is 0 Å². The molecule has 4 heteroatoms. The summed E-state index contributed by atoms with van der Waals surface area (Å²) in [7, 11) is 0. The number of aliphatic hydroxyl groups is 2. The Labute approximate surface area is 64.8 Å². The smallest absolute Gasteiger partial charge is 0.229 e. The highest BCUT2D eigenvalue weighted by atomic mass is 16.3. The SMILES string of the molecule is CC(C)C(=O)C(=O)C(O)CO. The zero-order valence-electron chi connectivity index (χ0n) is 6.57. The van der Waals surface area contributed by atoms with Crippen molar-refractivity contribution in [3.8, 4) is 0 Å². The minimum atomic E-state index is -1.55. The second-order valence-electron chi connectivity index (χ2n) is 2.58. The zero-order chi connectivity index (χ0) is 9.02. The molecule has 2 N–H and O–H groups in total. The van der Waals surface area contributed by atoms with E-state index in [1.165, 1.54) is 0 Å². The van der Waals surface area contributed by atoms with E-state index in [0.717, 1.165) is 0 Å². The van der Waals surface area contributed by atoms with Gasteiger partial charge >= 0.3 is 0 Å². The van der Waals surface area contributed by atoms with E-state index in [2.05, 4.69) is 0 Å². The first-order chi connectivity index (χ1) is 5.00. The lowest BCUT2D eigenvalue weighted by Gasteiger charge is -2.06. The molecule has 64 valence electrons. The maximum atomic E-state index is 10.8. The van der Waals surface area contributed by atoms with Gasteiger partial charge in [0.1, 0.15) is 6.10 Å². The van der Waals surface area contributed by atoms with Crippen molar-refractivity contribution >= 4 is 11.6 Å². The maximum absolute atomic E-state index is 10.8. The van der Waals surface area contributed by atoms with Crippen molar-refractivity contribution < 1.29 is 19.8 Å². The molecule has 1 atom stereocenters. The Morgan fingerprint density at radius 1 is 1.27 bits per heavy atom. The van der Waals surface area contributed by atoms with Crippen molar-refractivity contribution in [1.29, 1.82) is 0 Å². The van der Waals surface area contributed by atoms with Crippen LogP contribution in [0.4, 0.5) is 0 Å². The average Bonchev–Trinajstić information content (AvgIpc) is 2.00. The first-order valence-corrected chi connectivity index (χ1v) is 3.37. The number of carbonyl (C=O) groups is 2. The van der Waals surface area contributed by atoms with Gasteiger partial charge in [-0.05, 0) is 0 Å². The van der Waals surface area contributed by atoms with Crippen LogP contribution in [0, 0.1) is 5.92 Å². The van der Waals surface area contributed by atoms with Crippen LogP contribution < -0.4 is 0 Å². The van der Waals surface area contributed by atoms with E-state index in [1.54, 1.807) is 13.8 Å². The zero-order valence-corrected chi connectivity index (χ0v) is 6.57. The molecular weight excluding hydrogens is 148 g/mol. The Hall–Kier alpha value is -0.740. The van der Waals surface area contributed by atoms with Gasteiger partial charge in [0, 0.05) is 5.92 Å². The number of aliphatic hydroxyl groups excluding tert-OH is 2. The van der Waals surface area contributed by atoms with Gasteiger partial charge in [-0.25, -0.2) is 0 Å². The first kappa shape index (κ1) is 10.3. The topological polar surface area (TPSA) is 74.6 Å². The second kappa shape index (κ2) is 4.20. The lowest BCUT2D eigenvalue weighted by Crippen LogP contribution is -2.33. The molecule has 0 aliphatic rings. The summed E-state index contributed by atoms with van der Waals surface area (Å²) >= 11 is 0. The van der Waals surface area contributed by atoms with Gasteiger partial charge in [-0.3, -0.25) is 9.59 Å². The summed E-state index contributed by atoms with van der Waals surface area (Å²) < 4.78 is 0. The number of hydrogen-bond donors (Lipinski definition) is 2. The molecule has 0 heterocycles. The molecule has 4 nitrogen and oxygen atoms in total. The Bertz CT molecular complexity index is 162. The molecule has 0 spiro atoms. The molecule has 0 aliphatic heterocycles. The van der Waals surface area contributed by atoms with Gasteiger partial charge in [0.25, 0.3) is 0 Å². The second-order valence-corrected chi connectivity index (χ2v) is 2.58. The summed E-state index contributed by atoms with van der Waals surface area (Å²) in [5.41, 5.74) is 0. The fourth-order valence-electron chi connectivity index (χ4n) is 0.532. The summed E-state index contributed by atoms with van der Waals surface area (Å²) in [5, 5.41) is 17.0. The molecule has 0 aromatic carbocycles. The number of rotatable bonds is 4. The Morgan fingerprint density at radius 3 is 2.00 bits per heavy atom. The largest absolute Gasteiger partial charge is 0.393 e. The molecule has 0 rings (SSSR count). The highest BCUT2D eigenvalue weighted by molar-refractivity contribution is 6.39. The van der Waals surface area contributed by atoms with Gasteiger partial charge in [0.05, 0.1) is 6.61 Å². The van der Waals surface area contributed by atoms with Crippen molar-refractivity contribution in [2.45, 2.75) is 20.0 Å². The van der Waals surface area contributed by atoms with E-state index in [-0.39, 0.29) is 0 Å². The predicted octanol–water partition coefficient (Wildman–Crippen LogP) is -0.866. The van der Waals surface area contributed by atoms with Gasteiger partial charge in [-0.2, -0.15) is 0 Å². The third kappa shape index (κ3) is 2.78. The first-order valence-electron chi connectivity index (χ1n) is 3.37. The number of carbonyl (C=O) groups excluding carboxylic acids is 2. The molecule has 0 saturated carbocycles. The Morgan fingerprint density at radius 2 is 1.73 bits per heavy atom. The third-order valence-electron chi connectivity index (χ3n) is 1.24. The van der Waals surface area contributed by atoms with E-state index >= 15 is 0 Å². The van der Waals surface area contributed by atoms with E-state index in [9.17, 15) is 9.59 Å². The quantitative estimate of drug-likeness (QED) is 0.524. The van der Waals surface area contributed by atoms with E-state index in [4.69, 9.17) is 10.2 Å². The Balaban J connectivity index is 4.14. The van der Waals surface area contributed by atoms with E-state index in [1.807, 2.05) is 0 Å². The molecule has 0 aromatic rings. The standard InChI is InChI=1S/C7H12O4/c1-4(2)6(10)7(11)5(9)3-8/h4-5,8-9H,3H2,1-2H3. The fraction of sp³-hybridized carbons (Fsp3) is 0.714. The molecule has 0 bridgehead atoms. The highest BCUT2D eigenvalue weighted by Gasteiger charge is 2.24. The molecule has 0 saturated heterocycles. The summed E-state index contributed by atoms with van der Waals surface area (Å²) in [6, 6.07) is 0. The van der Waals surface area contributed by atoms with Crippen LogP contribution in [0.15, 0.2) is 0 Å². The lowest BCUT2D eigenvalue weighted by molar-refractivity contribution is -0.144. The van der Waals surface area contributed by atoms with Crippen LogP contribution in [0.1, 0.15) is 13.8 Å². The van der Waals surface area contributed by atoms with E-state index < -0.39 is 30.2 Å². The van der Waals surface area contributed by atoms with Gasteiger partial charge in [-0.1, -0.05) is 13.8 Å². The predicted molar refractivity (Wildman–Crippen MR) is 37.9 cm³/mol. The van der Waals surface area contributed by atoms with E-state index in [0.29, 0.717) is 0 Å². The minimum absolute atomic E-state index is 0.427. The van der Waals surface area contributed by atoms with Crippen molar-refractivity contribution in [1.82, 2.24) is 0 Å². The van der Waals surface area contributed by atoms with Crippen molar-refractivity contribution in [3.05, 3.63) is 0 Å². The monoisotopic (exact) mass is 160 g/mol. The molecule has 0 amide bonds. The summed E-state index contributed by atoms with van der Waals surface area (Å²) in [6.45, 7) is 2.42. The lowest BCUT2D eigenvalue weighted by atomic mass is 10.0. The van der Waals surface area contributed by atoms with Gasteiger partial charge in [0.2, 0.25) is 11.6 Å². The number of Topliss-reactive ketones (excluding diaryl/α,β-unsaturated/α-hetero) is 2. The van der Waals surface area contributed by atoms with Crippen LogP contribution in [0.25, 0.3) is 0 Å². The normalized spacial score (nSPS) is 13.2. The van der Waals surface area contributed by atoms with Crippen LogP contribution in [0.2, 0.25) is 0 Å². The minimum Gasteiger partial charge on any atom is -0.393 e. The molecule has 0 aliphatic carbocycles. The van der Waals surface area contributed by atoms with Crippen molar-refractivity contribution in [2.75, 3.05) is 6.61 Å². The summed E-state index contributed by atoms with van der Waals surface area (Å²) in [6.07, 6.45) is -1.55. The van der Waals surface area contributed by atoms with Gasteiger partial charge in [-0.15, -0.1) is 0 Å².